The molecule has 0 aliphatic rings. The number of rotatable bonds is 1. The van der Waals surface area contributed by atoms with Gasteiger partial charge in [-0.3, -0.25) is 4.99 Å². The Morgan fingerprint density at radius 1 is 1.33 bits per heavy atom. The predicted molar refractivity (Wildman–Crippen MR) is 56.1 cm³/mol. The molecule has 0 aliphatic heterocycles. The second kappa shape index (κ2) is 5.35. The molecule has 0 amide bonds. The molecule has 0 bridgehead atoms. The number of nitrogens with two attached hydrogens (primary N) is 1. The molecule has 1 rings (SSSR count). The van der Waals surface area contributed by atoms with Gasteiger partial charge in [0.1, 0.15) is 0 Å². The average Bonchev–Trinajstić information content (AvgIpc) is 2.13. The highest BCUT2D eigenvalue weighted by Crippen LogP contribution is 2.17. The van der Waals surface area contributed by atoms with Crippen LogP contribution in [0.1, 0.15) is 19.4 Å². The third-order valence-electron chi connectivity index (χ3n) is 1.44. The Kier molecular flexibility index (Phi) is 4.77. The number of hydrogen-bond acceptors (Lipinski definition) is 2. The molecule has 0 spiro atoms. The van der Waals surface area contributed by atoms with E-state index in [1.54, 1.807) is 0 Å². The Balaban J connectivity index is 0.000000561. The van der Waals surface area contributed by atoms with Gasteiger partial charge in [-0.15, -0.1) is 0 Å². The Bertz CT molecular complexity index is 254. The van der Waals surface area contributed by atoms with Crippen LogP contribution in [0.5, 0.6) is 0 Å². The number of anilines is 1. The Labute approximate surface area is 74.1 Å². The maximum absolute atomic E-state index is 5.58. The number of nitrogens with zero attached hydrogens (tertiary/aromatic N) is 1. The van der Waals surface area contributed by atoms with Crippen molar-refractivity contribution in [2.45, 2.75) is 20.8 Å². The maximum atomic E-state index is 5.58. The first-order valence-corrected chi connectivity index (χ1v) is 4.07. The van der Waals surface area contributed by atoms with Gasteiger partial charge in [0, 0.05) is 5.69 Å². The topological polar surface area (TPSA) is 38.4 Å². The van der Waals surface area contributed by atoms with Gasteiger partial charge in [0.2, 0.25) is 0 Å². The summed E-state index contributed by atoms with van der Waals surface area (Å²) in [7, 11) is 0. The van der Waals surface area contributed by atoms with Gasteiger partial charge in [0.05, 0.1) is 5.69 Å². The SMILES string of the molecule is C=Nc1ccc(N)c(C)c1.CC. The molecule has 0 aromatic heterocycles. The van der Waals surface area contributed by atoms with Gasteiger partial charge in [-0.1, -0.05) is 13.8 Å². The van der Waals surface area contributed by atoms with Crippen LogP contribution in [0, 0.1) is 6.92 Å². The minimum atomic E-state index is 0.799. The predicted octanol–water partition coefficient (Wildman–Crippen LogP) is 2.94. The van der Waals surface area contributed by atoms with Crippen molar-refractivity contribution in [2.24, 2.45) is 4.99 Å². The van der Waals surface area contributed by atoms with E-state index in [0.29, 0.717) is 0 Å². The number of aliphatic imine (C=N–C) groups is 1. The summed E-state index contributed by atoms with van der Waals surface area (Å²) in [5.74, 6) is 0. The summed E-state index contributed by atoms with van der Waals surface area (Å²) in [6, 6.07) is 5.58. The average molecular weight is 164 g/mol. The van der Waals surface area contributed by atoms with Crippen LogP contribution in [0.4, 0.5) is 11.4 Å². The number of hydrogen-bond donors (Lipinski definition) is 1. The molecule has 2 nitrogen and oxygen atoms in total. The zero-order chi connectivity index (χ0) is 9.56. The van der Waals surface area contributed by atoms with Gasteiger partial charge >= 0.3 is 0 Å². The van der Waals surface area contributed by atoms with Crippen LogP contribution < -0.4 is 5.73 Å². The Morgan fingerprint density at radius 2 is 1.92 bits per heavy atom. The van der Waals surface area contributed by atoms with Gasteiger partial charge < -0.3 is 5.73 Å². The molecule has 0 saturated carbocycles. The molecule has 2 heteroatoms. The van der Waals surface area contributed by atoms with E-state index in [1.165, 1.54) is 0 Å². The summed E-state index contributed by atoms with van der Waals surface area (Å²) in [6.07, 6.45) is 0. The minimum absolute atomic E-state index is 0.799. The summed E-state index contributed by atoms with van der Waals surface area (Å²) in [6.45, 7) is 9.36. The molecule has 0 radical (unpaired) electrons. The van der Waals surface area contributed by atoms with Crippen LogP contribution in [-0.2, 0) is 0 Å². The first-order valence-electron chi connectivity index (χ1n) is 4.07. The second-order valence-electron chi connectivity index (χ2n) is 2.20. The molecule has 0 atom stereocenters. The lowest BCUT2D eigenvalue weighted by Gasteiger charge is -1.98. The zero-order valence-corrected chi connectivity index (χ0v) is 7.96. The van der Waals surface area contributed by atoms with Gasteiger partial charge in [0.15, 0.2) is 0 Å². The highest BCUT2D eigenvalue weighted by atomic mass is 14.7. The summed E-state index contributed by atoms with van der Waals surface area (Å²) in [5.41, 5.74) is 8.29. The molecule has 1 aromatic rings. The van der Waals surface area contributed by atoms with E-state index in [2.05, 4.69) is 11.7 Å². The molecule has 0 saturated heterocycles. The van der Waals surface area contributed by atoms with Crippen LogP contribution in [-0.4, -0.2) is 6.72 Å². The van der Waals surface area contributed by atoms with Crippen molar-refractivity contribution < 1.29 is 0 Å². The van der Waals surface area contributed by atoms with Gasteiger partial charge in [-0.2, -0.15) is 0 Å². The molecular formula is C10H16N2. The Morgan fingerprint density at radius 3 is 2.33 bits per heavy atom. The molecule has 0 fully saturated rings. The third kappa shape index (κ3) is 2.74. The largest absolute Gasteiger partial charge is 0.399 e. The van der Waals surface area contributed by atoms with E-state index >= 15 is 0 Å². The molecule has 0 heterocycles. The first-order chi connectivity index (χ1) is 5.74. The van der Waals surface area contributed by atoms with Crippen molar-refractivity contribution in [3.63, 3.8) is 0 Å². The molecule has 0 aliphatic carbocycles. The van der Waals surface area contributed by atoms with Crippen LogP contribution in [0.2, 0.25) is 0 Å². The molecular weight excluding hydrogens is 148 g/mol. The number of nitrogen functional groups attached to an aromatic ring is 1. The lowest BCUT2D eigenvalue weighted by molar-refractivity contribution is 1.44. The van der Waals surface area contributed by atoms with Gasteiger partial charge in [-0.25, -0.2) is 0 Å². The summed E-state index contributed by atoms with van der Waals surface area (Å²) < 4.78 is 0. The standard InChI is InChI=1S/C8H10N2.C2H6/c1-6-5-7(10-2)3-4-8(6)9;1-2/h3-5H,2,9H2,1H3;1-2H3. The van der Waals surface area contributed by atoms with Crippen LogP contribution in [0.25, 0.3) is 0 Å². The van der Waals surface area contributed by atoms with E-state index in [4.69, 9.17) is 5.73 Å². The van der Waals surface area contributed by atoms with Crippen molar-refractivity contribution in [1.29, 1.82) is 0 Å². The normalized spacial score (nSPS) is 8.25. The third-order valence-corrected chi connectivity index (χ3v) is 1.44. The van der Waals surface area contributed by atoms with Gasteiger partial charge in [-0.05, 0) is 37.4 Å². The van der Waals surface area contributed by atoms with Crippen molar-refractivity contribution in [1.82, 2.24) is 0 Å². The summed E-state index contributed by atoms with van der Waals surface area (Å²) >= 11 is 0. The quantitative estimate of drug-likeness (QED) is 0.503. The first kappa shape index (κ1) is 10.7. The fourth-order valence-electron chi connectivity index (χ4n) is 0.758. The molecule has 0 unspecified atom stereocenters. The second-order valence-corrected chi connectivity index (χ2v) is 2.20. The van der Waals surface area contributed by atoms with Crippen LogP contribution >= 0.6 is 0 Å². The van der Waals surface area contributed by atoms with Crippen molar-refractivity contribution in [2.75, 3.05) is 5.73 Å². The molecule has 66 valence electrons. The summed E-state index contributed by atoms with van der Waals surface area (Å²) in [5, 5.41) is 0. The summed E-state index contributed by atoms with van der Waals surface area (Å²) in [4.78, 5) is 3.77. The van der Waals surface area contributed by atoms with Crippen molar-refractivity contribution >= 4 is 18.1 Å². The Hall–Kier alpha value is -1.31. The highest BCUT2D eigenvalue weighted by Gasteiger charge is 1.92. The monoisotopic (exact) mass is 164 g/mol. The minimum Gasteiger partial charge on any atom is -0.399 e. The van der Waals surface area contributed by atoms with E-state index in [-0.39, 0.29) is 0 Å². The van der Waals surface area contributed by atoms with Gasteiger partial charge in [0.25, 0.3) is 0 Å². The number of aryl methyl sites for hydroxylation is 1. The van der Waals surface area contributed by atoms with Crippen molar-refractivity contribution in [3.05, 3.63) is 23.8 Å². The molecule has 2 N–H and O–H groups in total. The van der Waals surface area contributed by atoms with E-state index in [9.17, 15) is 0 Å². The van der Waals surface area contributed by atoms with Crippen molar-refractivity contribution in [3.8, 4) is 0 Å². The fourth-order valence-corrected chi connectivity index (χ4v) is 0.758. The lowest BCUT2D eigenvalue weighted by atomic mass is 10.2. The van der Waals surface area contributed by atoms with E-state index in [1.807, 2.05) is 39.0 Å². The lowest BCUT2D eigenvalue weighted by Crippen LogP contribution is -1.86. The molecule has 1 aromatic carbocycles. The molecule has 12 heavy (non-hydrogen) atoms. The smallest absolute Gasteiger partial charge is 0.0626 e. The maximum Gasteiger partial charge on any atom is 0.0626 e. The van der Waals surface area contributed by atoms with E-state index < -0.39 is 0 Å². The highest BCUT2D eigenvalue weighted by molar-refractivity contribution is 5.56. The number of benzene rings is 1. The fraction of sp³-hybridized carbons (Fsp3) is 0.300. The van der Waals surface area contributed by atoms with Crippen LogP contribution in [0.3, 0.4) is 0 Å². The zero-order valence-electron chi connectivity index (χ0n) is 7.96. The van der Waals surface area contributed by atoms with Crippen LogP contribution in [0.15, 0.2) is 23.2 Å². The van der Waals surface area contributed by atoms with E-state index in [0.717, 1.165) is 16.9 Å².